The fourth-order valence-electron chi connectivity index (χ4n) is 4.62. The Labute approximate surface area is 239 Å². The molecule has 0 bridgehead atoms. The van der Waals surface area contributed by atoms with Crippen molar-refractivity contribution in [2.24, 2.45) is 0 Å². The van der Waals surface area contributed by atoms with E-state index in [1.165, 1.54) is 0 Å². The molecular weight excluding hydrogens is 542 g/mol. The zero-order valence-electron chi connectivity index (χ0n) is 23.2. The molecule has 1 aromatic carbocycles. The number of fused-ring (bicyclic) bond motifs is 1. The summed E-state index contributed by atoms with van der Waals surface area (Å²) in [6, 6.07) is 13.9. The highest BCUT2D eigenvalue weighted by Gasteiger charge is 2.23. The summed E-state index contributed by atoms with van der Waals surface area (Å²) < 4.78 is 31.4. The monoisotopic (exact) mass is 577 g/mol. The van der Waals surface area contributed by atoms with Gasteiger partial charge in [-0.15, -0.1) is 0 Å². The number of carbonyl (C=O) groups excluding carboxylic acids is 1. The summed E-state index contributed by atoms with van der Waals surface area (Å²) in [4.78, 5) is 27.5. The average Bonchev–Trinajstić information content (AvgIpc) is 3.45. The number of anilines is 4. The predicted molar refractivity (Wildman–Crippen MR) is 160 cm³/mol. The average molecular weight is 578 g/mol. The molecule has 5 rings (SSSR count). The Morgan fingerprint density at radius 3 is 2.66 bits per heavy atom. The lowest BCUT2D eigenvalue weighted by Crippen LogP contribution is -2.38. The summed E-state index contributed by atoms with van der Waals surface area (Å²) in [5, 5.41) is 9.69. The van der Waals surface area contributed by atoms with Gasteiger partial charge in [0.1, 0.15) is 17.3 Å². The summed E-state index contributed by atoms with van der Waals surface area (Å²) in [7, 11) is -3.51. The first kappa shape index (κ1) is 28.5. The van der Waals surface area contributed by atoms with E-state index >= 15 is 0 Å². The number of hydrogen-bond acceptors (Lipinski definition) is 9. The van der Waals surface area contributed by atoms with E-state index in [0.717, 1.165) is 44.7 Å². The molecule has 1 fully saturated rings. The Bertz CT molecular complexity index is 1610. The van der Waals surface area contributed by atoms with E-state index in [2.05, 4.69) is 35.8 Å². The number of nitrogens with one attached hydrogen (secondary N) is 4. The number of H-pyrrole nitrogens is 1. The Balaban J connectivity index is 1.30. The molecule has 1 amide bonds. The minimum absolute atomic E-state index is 0.171. The molecule has 0 unspecified atom stereocenters. The largest absolute Gasteiger partial charge is 0.379 e. The maximum Gasteiger partial charge on any atom is 0.251 e. The molecule has 11 nitrogen and oxygen atoms in total. The van der Waals surface area contributed by atoms with Crippen molar-refractivity contribution in [1.82, 2.24) is 25.2 Å². The smallest absolute Gasteiger partial charge is 0.251 e. The van der Waals surface area contributed by atoms with Crippen molar-refractivity contribution in [3.63, 3.8) is 0 Å². The second-order valence-electron chi connectivity index (χ2n) is 10.1. The summed E-state index contributed by atoms with van der Waals surface area (Å²) >= 11 is 0. The zero-order valence-corrected chi connectivity index (χ0v) is 24.0. The van der Waals surface area contributed by atoms with Crippen LogP contribution in [0, 0.1) is 0 Å². The zero-order chi connectivity index (χ0) is 28.8. The number of rotatable bonds is 11. The third-order valence-electron chi connectivity index (χ3n) is 6.93. The number of benzene rings is 1. The van der Waals surface area contributed by atoms with Gasteiger partial charge in [-0.25, -0.2) is 18.4 Å². The van der Waals surface area contributed by atoms with E-state index < -0.39 is 15.1 Å². The van der Waals surface area contributed by atoms with Gasteiger partial charge in [0.2, 0.25) is 0 Å². The summed E-state index contributed by atoms with van der Waals surface area (Å²) in [6.07, 6.45) is 4.20. The molecule has 4 aromatic rings. The van der Waals surface area contributed by atoms with Crippen molar-refractivity contribution in [2.45, 2.75) is 30.4 Å². The van der Waals surface area contributed by atoms with Gasteiger partial charge in [0.25, 0.3) is 5.91 Å². The molecule has 3 aromatic heterocycles. The summed E-state index contributed by atoms with van der Waals surface area (Å²) in [6.45, 7) is 8.20. The minimum Gasteiger partial charge on any atom is -0.379 e. The van der Waals surface area contributed by atoms with Gasteiger partial charge in [-0.3, -0.25) is 9.69 Å². The second-order valence-corrected chi connectivity index (χ2v) is 12.6. The van der Waals surface area contributed by atoms with E-state index in [4.69, 9.17) is 4.74 Å². The number of sulfone groups is 1. The van der Waals surface area contributed by atoms with Gasteiger partial charge in [-0.1, -0.05) is 12.1 Å². The van der Waals surface area contributed by atoms with Crippen LogP contribution in [0.3, 0.4) is 0 Å². The Hall–Kier alpha value is -4.00. The van der Waals surface area contributed by atoms with Gasteiger partial charge in [0, 0.05) is 49.0 Å². The lowest BCUT2D eigenvalue weighted by Gasteiger charge is -2.26. The highest BCUT2D eigenvalue weighted by Crippen LogP contribution is 2.32. The number of morpholine rings is 1. The quantitative estimate of drug-likeness (QED) is 0.194. The summed E-state index contributed by atoms with van der Waals surface area (Å²) in [5.41, 5.74) is 2.24. The van der Waals surface area contributed by atoms with E-state index in [1.807, 2.05) is 6.07 Å². The first-order chi connectivity index (χ1) is 19.8. The number of nitrogens with zero attached hydrogens (tertiary/aromatic N) is 3. The van der Waals surface area contributed by atoms with Crippen LogP contribution in [0.5, 0.6) is 0 Å². The normalized spacial score (nSPS) is 14.3. The van der Waals surface area contributed by atoms with Gasteiger partial charge >= 0.3 is 0 Å². The maximum atomic E-state index is 13.0. The van der Waals surface area contributed by atoms with Gasteiger partial charge in [0.05, 0.1) is 34.7 Å². The molecule has 1 aliphatic heterocycles. The Morgan fingerprint density at radius 2 is 1.85 bits per heavy atom. The SMILES string of the molecule is CC(C)S(=O)(=O)c1ccccc1Nc1cc(Nc2cc(C(=O)NCCCN3CCOCC3)ccn2)nc2[nH]ccc12. The van der Waals surface area contributed by atoms with Crippen LogP contribution in [-0.2, 0) is 14.6 Å². The van der Waals surface area contributed by atoms with Gasteiger partial charge in [-0.05, 0) is 57.1 Å². The van der Waals surface area contributed by atoms with Crippen LogP contribution in [0.2, 0.25) is 0 Å². The third-order valence-corrected chi connectivity index (χ3v) is 9.14. The van der Waals surface area contributed by atoms with E-state index in [0.29, 0.717) is 40.8 Å². The number of carbonyl (C=O) groups is 1. The summed E-state index contributed by atoms with van der Waals surface area (Å²) in [5.74, 6) is 0.760. The lowest BCUT2D eigenvalue weighted by molar-refractivity contribution is 0.0374. The molecule has 41 heavy (non-hydrogen) atoms. The predicted octanol–water partition coefficient (Wildman–Crippen LogP) is 4.08. The van der Waals surface area contributed by atoms with Gasteiger partial charge < -0.3 is 25.7 Å². The molecule has 0 radical (unpaired) electrons. The number of aromatic nitrogens is 3. The number of ether oxygens (including phenoxy) is 1. The molecule has 1 aliphatic rings. The number of pyridine rings is 2. The first-order valence-electron chi connectivity index (χ1n) is 13.7. The van der Waals surface area contributed by atoms with Crippen LogP contribution in [0.15, 0.2) is 65.8 Å². The Morgan fingerprint density at radius 1 is 1.05 bits per heavy atom. The molecule has 4 heterocycles. The highest BCUT2D eigenvalue weighted by atomic mass is 32.2. The van der Waals surface area contributed by atoms with Crippen LogP contribution in [0.1, 0.15) is 30.6 Å². The molecule has 4 N–H and O–H groups in total. The number of hydrogen-bond donors (Lipinski definition) is 4. The topological polar surface area (TPSA) is 141 Å². The number of para-hydroxylation sites is 1. The fourth-order valence-corrected chi connectivity index (χ4v) is 5.83. The van der Waals surface area contributed by atoms with Crippen molar-refractivity contribution < 1.29 is 17.9 Å². The molecule has 0 spiro atoms. The van der Waals surface area contributed by atoms with Crippen molar-refractivity contribution >= 4 is 49.8 Å². The molecule has 0 atom stereocenters. The van der Waals surface area contributed by atoms with E-state index in [1.54, 1.807) is 68.7 Å². The van der Waals surface area contributed by atoms with Gasteiger partial charge in [0.15, 0.2) is 9.84 Å². The van der Waals surface area contributed by atoms with Crippen molar-refractivity contribution in [3.8, 4) is 0 Å². The van der Waals surface area contributed by atoms with Crippen LogP contribution in [0.4, 0.5) is 23.0 Å². The number of aromatic amines is 1. The lowest BCUT2D eigenvalue weighted by atomic mass is 10.2. The molecule has 0 saturated carbocycles. The third kappa shape index (κ3) is 6.84. The van der Waals surface area contributed by atoms with Crippen LogP contribution in [0.25, 0.3) is 11.0 Å². The standard InChI is InChI=1S/C29H35N7O4S/c1-20(2)41(38,39)25-7-4-3-6-23(25)33-24-19-27(35-28-22(24)9-12-31-28)34-26-18-21(8-11-30-26)29(37)32-10-5-13-36-14-16-40-17-15-36/h3-4,6-9,11-12,18-20H,5,10,13-17H2,1-2H3,(H,32,37)(H3,30,31,33,34,35). The molecular formula is C29H35N7O4S. The first-order valence-corrected chi connectivity index (χ1v) is 15.3. The van der Waals surface area contributed by atoms with Crippen molar-refractivity contribution in [1.29, 1.82) is 0 Å². The number of amides is 1. The van der Waals surface area contributed by atoms with Crippen LogP contribution >= 0.6 is 0 Å². The molecule has 0 aliphatic carbocycles. The van der Waals surface area contributed by atoms with Crippen molar-refractivity contribution in [2.75, 3.05) is 50.0 Å². The van der Waals surface area contributed by atoms with E-state index in [9.17, 15) is 13.2 Å². The highest BCUT2D eigenvalue weighted by molar-refractivity contribution is 7.92. The second kappa shape index (κ2) is 12.7. The molecule has 1 saturated heterocycles. The fraction of sp³-hybridized carbons (Fsp3) is 0.345. The van der Waals surface area contributed by atoms with Crippen LogP contribution in [-0.4, -0.2) is 78.8 Å². The van der Waals surface area contributed by atoms with Crippen LogP contribution < -0.4 is 16.0 Å². The van der Waals surface area contributed by atoms with Crippen molar-refractivity contribution in [3.05, 3.63) is 66.5 Å². The van der Waals surface area contributed by atoms with E-state index in [-0.39, 0.29) is 10.8 Å². The minimum atomic E-state index is -3.51. The maximum absolute atomic E-state index is 13.0. The molecule has 216 valence electrons. The molecule has 12 heteroatoms. The Kier molecular flexibility index (Phi) is 8.81. The van der Waals surface area contributed by atoms with Gasteiger partial charge in [-0.2, -0.15) is 0 Å².